The fraction of sp³-hybridized carbons (Fsp3) is 0. The summed E-state index contributed by atoms with van der Waals surface area (Å²) in [7, 11) is 0. The molecule has 0 spiro atoms. The molecule has 0 aliphatic carbocycles. The van der Waals surface area contributed by atoms with Crippen LogP contribution >= 0.6 is 0 Å². The first-order valence-corrected chi connectivity index (χ1v) is 8.53. The summed E-state index contributed by atoms with van der Waals surface area (Å²) < 4.78 is 0. The number of carbonyl (C=O) groups is 1. The maximum atomic E-state index is 12.4. The molecule has 6 heteroatoms. The molecule has 4 rings (SSSR count). The number of rotatable bonds is 3. The highest BCUT2D eigenvalue weighted by atomic mass is 16.3. The van der Waals surface area contributed by atoms with Gasteiger partial charge in [0.05, 0.1) is 11.8 Å². The Balaban J connectivity index is 1.63. The highest BCUT2D eigenvalue weighted by Crippen LogP contribution is 2.33. The van der Waals surface area contributed by atoms with Crippen LogP contribution in [0, 0.1) is 0 Å². The van der Waals surface area contributed by atoms with Gasteiger partial charge in [-0.3, -0.25) is 4.79 Å². The lowest BCUT2D eigenvalue weighted by Gasteiger charge is -2.08. The van der Waals surface area contributed by atoms with Crippen LogP contribution in [-0.2, 0) is 0 Å². The van der Waals surface area contributed by atoms with Gasteiger partial charge in [-0.1, -0.05) is 48.5 Å². The van der Waals surface area contributed by atoms with Gasteiger partial charge in [-0.2, -0.15) is 5.10 Å². The van der Waals surface area contributed by atoms with Crippen LogP contribution in [0.5, 0.6) is 17.2 Å². The van der Waals surface area contributed by atoms with E-state index < -0.39 is 5.91 Å². The predicted octanol–water partition coefficient (Wildman–Crippen LogP) is 3.87. The van der Waals surface area contributed by atoms with Crippen LogP contribution < -0.4 is 5.43 Å². The average Bonchev–Trinajstić information content (AvgIpc) is 2.69. The molecule has 0 heterocycles. The molecule has 4 aromatic rings. The standard InChI is InChI=1S/C22H16N2O4/c25-19-10-14-6-2-1-5-13(14)9-17(19)22(28)24-23-12-18-15-7-3-4-8-16(15)20(26)11-21(18)27/h1-12,25-27H,(H,24,28). The van der Waals surface area contributed by atoms with Crippen molar-refractivity contribution in [2.45, 2.75) is 0 Å². The Morgan fingerprint density at radius 3 is 2.18 bits per heavy atom. The smallest absolute Gasteiger partial charge is 0.275 e. The Morgan fingerprint density at radius 2 is 1.43 bits per heavy atom. The number of fused-ring (bicyclic) bond motifs is 2. The summed E-state index contributed by atoms with van der Waals surface area (Å²) in [6.07, 6.45) is 1.30. The van der Waals surface area contributed by atoms with E-state index >= 15 is 0 Å². The second-order valence-electron chi connectivity index (χ2n) is 6.29. The molecule has 0 atom stereocenters. The fourth-order valence-corrected chi connectivity index (χ4v) is 3.13. The Kier molecular flexibility index (Phi) is 4.29. The van der Waals surface area contributed by atoms with Crippen molar-refractivity contribution in [3.63, 3.8) is 0 Å². The van der Waals surface area contributed by atoms with E-state index in [2.05, 4.69) is 10.5 Å². The first-order valence-electron chi connectivity index (χ1n) is 8.53. The summed E-state index contributed by atoms with van der Waals surface area (Å²) in [5, 5.41) is 36.9. The quantitative estimate of drug-likeness (QED) is 0.324. The zero-order valence-corrected chi connectivity index (χ0v) is 14.6. The van der Waals surface area contributed by atoms with E-state index in [1.165, 1.54) is 18.3 Å². The minimum atomic E-state index is -0.581. The van der Waals surface area contributed by atoms with Crippen molar-refractivity contribution < 1.29 is 20.1 Å². The fourth-order valence-electron chi connectivity index (χ4n) is 3.13. The Labute approximate surface area is 160 Å². The van der Waals surface area contributed by atoms with Gasteiger partial charge in [0.25, 0.3) is 5.91 Å². The molecule has 4 N–H and O–H groups in total. The van der Waals surface area contributed by atoms with Gasteiger partial charge < -0.3 is 15.3 Å². The number of phenolic OH excluding ortho intramolecular Hbond substituents is 3. The number of benzene rings is 4. The van der Waals surface area contributed by atoms with Gasteiger partial charge in [-0.05, 0) is 28.3 Å². The normalized spacial score (nSPS) is 11.3. The van der Waals surface area contributed by atoms with E-state index in [0.717, 1.165) is 10.8 Å². The summed E-state index contributed by atoms with van der Waals surface area (Å²) in [5.74, 6) is -0.940. The van der Waals surface area contributed by atoms with E-state index in [1.807, 2.05) is 24.3 Å². The Hall–Kier alpha value is -4.06. The van der Waals surface area contributed by atoms with E-state index in [4.69, 9.17) is 0 Å². The molecule has 6 nitrogen and oxygen atoms in total. The van der Waals surface area contributed by atoms with Crippen LogP contribution in [0.25, 0.3) is 21.5 Å². The molecule has 28 heavy (non-hydrogen) atoms. The number of phenols is 3. The van der Waals surface area contributed by atoms with Crippen molar-refractivity contribution in [3.8, 4) is 17.2 Å². The third kappa shape index (κ3) is 3.07. The number of carbonyl (C=O) groups excluding carboxylic acids is 1. The van der Waals surface area contributed by atoms with Crippen LogP contribution in [0.4, 0.5) is 0 Å². The average molecular weight is 372 g/mol. The molecule has 1 amide bonds. The topological polar surface area (TPSA) is 102 Å². The lowest BCUT2D eigenvalue weighted by Crippen LogP contribution is -2.17. The van der Waals surface area contributed by atoms with Gasteiger partial charge in [0.15, 0.2) is 0 Å². The Morgan fingerprint density at radius 1 is 0.786 bits per heavy atom. The molecule has 0 bridgehead atoms. The molecular formula is C22H16N2O4. The molecule has 0 aromatic heterocycles. The molecule has 0 aliphatic heterocycles. The Bertz CT molecular complexity index is 1250. The summed E-state index contributed by atoms with van der Waals surface area (Å²) in [5.41, 5.74) is 2.81. The zero-order valence-electron chi connectivity index (χ0n) is 14.6. The molecule has 0 saturated carbocycles. The zero-order chi connectivity index (χ0) is 19.7. The maximum Gasteiger partial charge on any atom is 0.275 e. The van der Waals surface area contributed by atoms with Crippen molar-refractivity contribution >= 4 is 33.7 Å². The third-order valence-corrected chi connectivity index (χ3v) is 4.51. The van der Waals surface area contributed by atoms with Crippen LogP contribution in [-0.4, -0.2) is 27.4 Å². The largest absolute Gasteiger partial charge is 0.507 e. The summed E-state index contributed by atoms with van der Waals surface area (Å²) >= 11 is 0. The minimum absolute atomic E-state index is 0.0460. The van der Waals surface area contributed by atoms with Crippen LogP contribution in [0.2, 0.25) is 0 Å². The summed E-state index contributed by atoms with van der Waals surface area (Å²) in [4.78, 5) is 12.4. The van der Waals surface area contributed by atoms with Crippen LogP contribution in [0.1, 0.15) is 15.9 Å². The van der Waals surface area contributed by atoms with E-state index in [1.54, 1.807) is 30.3 Å². The number of aromatic hydroxyl groups is 3. The van der Waals surface area contributed by atoms with Crippen molar-refractivity contribution in [2.75, 3.05) is 0 Å². The number of nitrogens with zero attached hydrogens (tertiary/aromatic N) is 1. The monoisotopic (exact) mass is 372 g/mol. The van der Waals surface area contributed by atoms with Gasteiger partial charge in [0.1, 0.15) is 17.2 Å². The van der Waals surface area contributed by atoms with Gasteiger partial charge in [-0.25, -0.2) is 5.43 Å². The number of nitrogens with one attached hydrogen (secondary N) is 1. The maximum absolute atomic E-state index is 12.4. The van der Waals surface area contributed by atoms with Crippen molar-refractivity contribution in [1.29, 1.82) is 0 Å². The van der Waals surface area contributed by atoms with Crippen molar-refractivity contribution in [2.24, 2.45) is 5.10 Å². The number of hydrogen-bond acceptors (Lipinski definition) is 5. The van der Waals surface area contributed by atoms with Gasteiger partial charge >= 0.3 is 0 Å². The van der Waals surface area contributed by atoms with Gasteiger partial charge in [0.2, 0.25) is 0 Å². The molecule has 0 fully saturated rings. The number of hydrazone groups is 1. The molecular weight excluding hydrogens is 356 g/mol. The molecule has 4 aromatic carbocycles. The lowest BCUT2D eigenvalue weighted by atomic mass is 10.0. The number of hydrogen-bond donors (Lipinski definition) is 4. The first-order chi connectivity index (χ1) is 13.5. The third-order valence-electron chi connectivity index (χ3n) is 4.51. The predicted molar refractivity (Wildman–Crippen MR) is 108 cm³/mol. The summed E-state index contributed by atoms with van der Waals surface area (Å²) in [6, 6.07) is 18.7. The summed E-state index contributed by atoms with van der Waals surface area (Å²) in [6.45, 7) is 0. The van der Waals surface area contributed by atoms with Crippen molar-refractivity contribution in [1.82, 2.24) is 5.43 Å². The van der Waals surface area contributed by atoms with Crippen molar-refractivity contribution in [3.05, 3.63) is 77.9 Å². The molecule has 0 aliphatic rings. The SMILES string of the molecule is O=C(NN=Cc1c(O)cc(O)c2ccccc12)c1cc2ccccc2cc1O. The van der Waals surface area contributed by atoms with E-state index in [-0.39, 0.29) is 22.8 Å². The molecule has 138 valence electrons. The molecule has 0 saturated heterocycles. The first kappa shape index (κ1) is 17.4. The molecule has 0 radical (unpaired) electrons. The van der Waals surface area contributed by atoms with Gasteiger partial charge in [0, 0.05) is 17.0 Å². The molecule has 0 unspecified atom stereocenters. The second kappa shape index (κ2) is 6.92. The van der Waals surface area contributed by atoms with Crippen LogP contribution in [0.3, 0.4) is 0 Å². The second-order valence-corrected chi connectivity index (χ2v) is 6.29. The van der Waals surface area contributed by atoms with Crippen LogP contribution in [0.15, 0.2) is 71.8 Å². The highest BCUT2D eigenvalue weighted by molar-refractivity contribution is 6.06. The number of amides is 1. The lowest BCUT2D eigenvalue weighted by molar-refractivity contribution is 0.0952. The highest BCUT2D eigenvalue weighted by Gasteiger charge is 2.13. The van der Waals surface area contributed by atoms with Gasteiger partial charge in [-0.15, -0.1) is 0 Å². The van der Waals surface area contributed by atoms with E-state index in [0.29, 0.717) is 16.3 Å². The minimum Gasteiger partial charge on any atom is -0.507 e. The van der Waals surface area contributed by atoms with E-state index in [9.17, 15) is 20.1 Å².